The van der Waals surface area contributed by atoms with Gasteiger partial charge in [0.15, 0.2) is 0 Å². The van der Waals surface area contributed by atoms with Crippen LogP contribution < -0.4 is 0 Å². The predicted molar refractivity (Wildman–Crippen MR) is 67.1 cm³/mol. The third-order valence-electron chi connectivity index (χ3n) is 2.48. The van der Waals surface area contributed by atoms with Gasteiger partial charge >= 0.3 is 12.2 Å². The fraction of sp³-hybridized carbons (Fsp3) is 0.500. The molecule has 0 radical (unpaired) electrons. The number of rotatable bonds is 5. The van der Waals surface area contributed by atoms with Gasteiger partial charge in [0.05, 0.1) is 13.1 Å². The molecule has 1 aliphatic heterocycles. The first kappa shape index (κ1) is 15.0. The van der Waals surface area contributed by atoms with E-state index < -0.39 is 12.2 Å². The Balaban J connectivity index is 2.68. The summed E-state index contributed by atoms with van der Waals surface area (Å²) in [6, 6.07) is 0. The number of carbonyl (C=O) groups excluding carboxylic acids is 2. The summed E-state index contributed by atoms with van der Waals surface area (Å²) in [6.07, 6.45) is 1.51. The molecule has 106 valence electrons. The summed E-state index contributed by atoms with van der Waals surface area (Å²) in [5, 5.41) is 11.4. The molecule has 0 unspecified atom stereocenters. The molecule has 0 aliphatic carbocycles. The maximum Gasteiger partial charge on any atom is 0.429 e. The van der Waals surface area contributed by atoms with E-state index >= 15 is 0 Å². The topological polar surface area (TPSA) is 79.3 Å². The van der Waals surface area contributed by atoms with Crippen LogP contribution in [0.1, 0.15) is 0 Å². The van der Waals surface area contributed by atoms with Crippen molar-refractivity contribution in [2.75, 3.05) is 32.9 Å². The lowest BCUT2D eigenvalue weighted by Gasteiger charge is -2.25. The number of amides is 2. The van der Waals surface area contributed by atoms with Gasteiger partial charge in [-0.3, -0.25) is 0 Å². The fourth-order valence-electron chi connectivity index (χ4n) is 1.62. The van der Waals surface area contributed by atoms with Crippen LogP contribution >= 0.6 is 0 Å². The fourth-order valence-corrected chi connectivity index (χ4v) is 1.62. The summed E-state index contributed by atoms with van der Waals surface area (Å²) in [7, 11) is 0. The minimum Gasteiger partial charge on any atom is -0.444 e. The van der Waals surface area contributed by atoms with Crippen molar-refractivity contribution in [3.8, 4) is 0 Å². The molecule has 1 saturated heterocycles. The predicted octanol–water partition coefficient (Wildman–Crippen LogP) is 0.773. The van der Waals surface area contributed by atoms with Gasteiger partial charge in [-0.15, -0.1) is 0 Å². The smallest absolute Gasteiger partial charge is 0.429 e. The molecule has 1 fully saturated rings. The quantitative estimate of drug-likeness (QED) is 0.746. The van der Waals surface area contributed by atoms with Crippen LogP contribution in [-0.2, 0) is 9.47 Å². The lowest BCUT2D eigenvalue weighted by atomic mass is 10.2. The summed E-state index contributed by atoms with van der Waals surface area (Å²) in [4.78, 5) is 23.5. The van der Waals surface area contributed by atoms with Gasteiger partial charge in [0, 0.05) is 12.5 Å². The monoisotopic (exact) mass is 270 g/mol. The zero-order valence-corrected chi connectivity index (χ0v) is 10.7. The number of ether oxygens (including phenoxy) is 2. The molecule has 0 saturated carbocycles. The Kier molecular flexibility index (Phi) is 5.87. The molecule has 19 heavy (non-hydrogen) atoms. The van der Waals surface area contributed by atoms with E-state index in [9.17, 15) is 9.59 Å². The number of hydrogen-bond donors (Lipinski definition) is 1. The van der Waals surface area contributed by atoms with Crippen LogP contribution in [0.4, 0.5) is 9.59 Å². The Hall–Kier alpha value is -2.02. The molecule has 1 aliphatic rings. The first-order chi connectivity index (χ1) is 9.13. The second-order valence-corrected chi connectivity index (χ2v) is 3.94. The molecule has 1 heterocycles. The standard InChI is InChI=1S/C12H18N2O5/c1-3-5-18-11(16)13-7-10(9-15)8-14(13)12(17)19-6-4-2/h3-4,10,15H,1-2,5-9H2. The molecule has 1 rings (SSSR count). The van der Waals surface area contributed by atoms with Crippen molar-refractivity contribution in [1.82, 2.24) is 10.0 Å². The highest BCUT2D eigenvalue weighted by Gasteiger charge is 2.38. The number of hydrazine groups is 1. The van der Waals surface area contributed by atoms with Crippen LogP contribution in [0.5, 0.6) is 0 Å². The molecule has 1 N–H and O–H groups in total. The summed E-state index contributed by atoms with van der Waals surface area (Å²) >= 11 is 0. The normalized spacial score (nSPS) is 15.2. The summed E-state index contributed by atoms with van der Waals surface area (Å²) in [5.74, 6) is -0.215. The average Bonchev–Trinajstić information content (AvgIpc) is 2.86. The molecule has 0 atom stereocenters. The molecular formula is C12H18N2O5. The van der Waals surface area contributed by atoms with E-state index in [2.05, 4.69) is 13.2 Å². The largest absolute Gasteiger partial charge is 0.444 e. The lowest BCUT2D eigenvalue weighted by molar-refractivity contribution is 0.0126. The van der Waals surface area contributed by atoms with Crippen molar-refractivity contribution in [3.63, 3.8) is 0 Å². The maximum absolute atomic E-state index is 11.8. The van der Waals surface area contributed by atoms with Gasteiger partial charge in [0.1, 0.15) is 13.2 Å². The number of aliphatic hydroxyl groups is 1. The molecule has 7 heteroatoms. The van der Waals surface area contributed by atoms with Crippen LogP contribution in [0.2, 0.25) is 0 Å². The van der Waals surface area contributed by atoms with Gasteiger partial charge < -0.3 is 14.6 Å². The molecule has 0 bridgehead atoms. The molecular weight excluding hydrogens is 252 g/mol. The number of carbonyl (C=O) groups is 2. The summed E-state index contributed by atoms with van der Waals surface area (Å²) in [5.41, 5.74) is 0. The second-order valence-electron chi connectivity index (χ2n) is 3.94. The van der Waals surface area contributed by atoms with Crippen molar-refractivity contribution in [2.45, 2.75) is 0 Å². The maximum atomic E-state index is 11.8. The van der Waals surface area contributed by atoms with Gasteiger partial charge in [-0.25, -0.2) is 19.6 Å². The van der Waals surface area contributed by atoms with E-state index in [4.69, 9.17) is 14.6 Å². The minimum absolute atomic E-state index is 0.0503. The average molecular weight is 270 g/mol. The zero-order valence-electron chi connectivity index (χ0n) is 10.7. The Bertz CT molecular complexity index is 326. The minimum atomic E-state index is -0.675. The third kappa shape index (κ3) is 3.99. The molecule has 7 nitrogen and oxygen atoms in total. The molecule has 0 aromatic rings. The first-order valence-corrected chi connectivity index (χ1v) is 5.85. The van der Waals surface area contributed by atoms with Crippen molar-refractivity contribution in [1.29, 1.82) is 0 Å². The van der Waals surface area contributed by atoms with E-state index in [-0.39, 0.29) is 38.8 Å². The Morgan fingerprint density at radius 1 is 1.11 bits per heavy atom. The van der Waals surface area contributed by atoms with Gasteiger partial charge in [-0.1, -0.05) is 25.3 Å². The Morgan fingerprint density at radius 3 is 1.84 bits per heavy atom. The highest BCUT2D eigenvalue weighted by Crippen LogP contribution is 2.18. The van der Waals surface area contributed by atoms with Crippen molar-refractivity contribution in [2.24, 2.45) is 5.92 Å². The highest BCUT2D eigenvalue weighted by molar-refractivity contribution is 5.75. The molecule has 0 spiro atoms. The van der Waals surface area contributed by atoms with Crippen molar-refractivity contribution < 1.29 is 24.2 Å². The first-order valence-electron chi connectivity index (χ1n) is 5.85. The summed E-state index contributed by atoms with van der Waals surface area (Å²) < 4.78 is 9.74. The van der Waals surface area contributed by atoms with Gasteiger partial charge in [-0.05, 0) is 0 Å². The second kappa shape index (κ2) is 7.42. The number of aliphatic hydroxyl groups excluding tert-OH is 1. The molecule has 2 amide bonds. The number of hydrogen-bond acceptors (Lipinski definition) is 5. The SMILES string of the molecule is C=CCOC(=O)N1CC(CO)CN1C(=O)OCC=C. The zero-order chi connectivity index (χ0) is 14.3. The van der Waals surface area contributed by atoms with Crippen molar-refractivity contribution >= 4 is 12.2 Å². The highest BCUT2D eigenvalue weighted by atomic mass is 16.6. The van der Waals surface area contributed by atoms with E-state index in [0.29, 0.717) is 0 Å². The van der Waals surface area contributed by atoms with Gasteiger partial charge in [0.25, 0.3) is 0 Å². The molecule has 0 aromatic carbocycles. The third-order valence-corrected chi connectivity index (χ3v) is 2.48. The van der Waals surface area contributed by atoms with E-state index in [1.807, 2.05) is 0 Å². The Morgan fingerprint density at radius 2 is 1.53 bits per heavy atom. The van der Waals surface area contributed by atoms with Gasteiger partial charge in [-0.2, -0.15) is 0 Å². The molecule has 0 aromatic heterocycles. The van der Waals surface area contributed by atoms with Crippen LogP contribution in [0.25, 0.3) is 0 Å². The number of nitrogens with zero attached hydrogens (tertiary/aromatic N) is 2. The van der Waals surface area contributed by atoms with Gasteiger partial charge in [0.2, 0.25) is 0 Å². The van der Waals surface area contributed by atoms with Crippen LogP contribution in [0, 0.1) is 5.92 Å². The van der Waals surface area contributed by atoms with E-state index in [1.54, 1.807) is 0 Å². The van der Waals surface area contributed by atoms with E-state index in [0.717, 1.165) is 10.0 Å². The Labute approximate surface area is 111 Å². The summed E-state index contributed by atoms with van der Waals surface area (Å²) in [6.45, 7) is 7.25. The lowest BCUT2D eigenvalue weighted by Crippen LogP contribution is -2.45. The van der Waals surface area contributed by atoms with Crippen LogP contribution in [0.15, 0.2) is 25.3 Å². The van der Waals surface area contributed by atoms with Crippen molar-refractivity contribution in [3.05, 3.63) is 25.3 Å². The van der Waals surface area contributed by atoms with Crippen LogP contribution in [0.3, 0.4) is 0 Å². The van der Waals surface area contributed by atoms with E-state index in [1.165, 1.54) is 12.2 Å². The van der Waals surface area contributed by atoms with Crippen LogP contribution in [-0.4, -0.2) is 60.2 Å².